The highest BCUT2D eigenvalue weighted by Gasteiger charge is 2.02. The SMILES string of the molecule is Cc1nc(Cl)cc(NCc2ncccc2C)n1. The van der Waals surface area contributed by atoms with Gasteiger partial charge in [0.25, 0.3) is 0 Å². The van der Waals surface area contributed by atoms with Gasteiger partial charge in [-0.05, 0) is 25.5 Å². The lowest BCUT2D eigenvalue weighted by atomic mass is 10.2. The van der Waals surface area contributed by atoms with E-state index >= 15 is 0 Å². The van der Waals surface area contributed by atoms with Crippen LogP contribution in [0.2, 0.25) is 5.15 Å². The summed E-state index contributed by atoms with van der Waals surface area (Å²) >= 11 is 5.86. The van der Waals surface area contributed by atoms with E-state index in [4.69, 9.17) is 11.6 Å². The van der Waals surface area contributed by atoms with Crippen LogP contribution in [0.5, 0.6) is 0 Å². The zero-order valence-electron chi connectivity index (χ0n) is 9.74. The van der Waals surface area contributed by atoms with Crippen LogP contribution in [0.25, 0.3) is 0 Å². The Labute approximate surface area is 105 Å². The summed E-state index contributed by atoms with van der Waals surface area (Å²) in [5, 5.41) is 3.63. The van der Waals surface area contributed by atoms with Crippen LogP contribution in [0.1, 0.15) is 17.1 Å². The zero-order chi connectivity index (χ0) is 12.3. The molecule has 17 heavy (non-hydrogen) atoms. The number of nitrogens with one attached hydrogen (secondary N) is 1. The Bertz CT molecular complexity index is 507. The molecule has 0 aliphatic carbocycles. The van der Waals surface area contributed by atoms with Crippen molar-refractivity contribution >= 4 is 17.4 Å². The Hall–Kier alpha value is -1.68. The predicted octanol–water partition coefficient (Wildman–Crippen LogP) is 2.75. The van der Waals surface area contributed by atoms with Crippen molar-refractivity contribution < 1.29 is 0 Å². The standard InChI is InChI=1S/C12H13ClN4/c1-8-4-3-5-14-10(8)7-15-12-6-11(13)16-9(2)17-12/h3-6H,7H2,1-2H3,(H,15,16,17). The molecule has 0 atom stereocenters. The van der Waals surface area contributed by atoms with E-state index in [1.54, 1.807) is 12.3 Å². The fourth-order valence-corrected chi connectivity index (χ4v) is 1.73. The van der Waals surface area contributed by atoms with Gasteiger partial charge in [-0.1, -0.05) is 17.7 Å². The molecule has 5 heteroatoms. The van der Waals surface area contributed by atoms with Gasteiger partial charge in [0.1, 0.15) is 16.8 Å². The maximum absolute atomic E-state index is 5.86. The Kier molecular flexibility index (Phi) is 3.54. The minimum Gasteiger partial charge on any atom is -0.364 e. The Morgan fingerprint density at radius 3 is 2.82 bits per heavy atom. The molecule has 0 aliphatic heterocycles. The Morgan fingerprint density at radius 1 is 1.29 bits per heavy atom. The quantitative estimate of drug-likeness (QED) is 0.849. The highest BCUT2D eigenvalue weighted by atomic mass is 35.5. The molecule has 0 unspecified atom stereocenters. The van der Waals surface area contributed by atoms with Gasteiger partial charge >= 0.3 is 0 Å². The molecule has 0 amide bonds. The molecule has 2 aromatic heterocycles. The molecule has 2 aromatic rings. The molecule has 0 saturated carbocycles. The molecule has 1 N–H and O–H groups in total. The molecule has 4 nitrogen and oxygen atoms in total. The van der Waals surface area contributed by atoms with E-state index in [0.29, 0.717) is 23.3 Å². The lowest BCUT2D eigenvalue weighted by Gasteiger charge is -2.07. The molecule has 0 saturated heterocycles. The summed E-state index contributed by atoms with van der Waals surface area (Å²) in [6.07, 6.45) is 1.78. The molecular formula is C12H13ClN4. The third-order valence-electron chi connectivity index (χ3n) is 2.36. The van der Waals surface area contributed by atoms with Crippen LogP contribution in [0, 0.1) is 13.8 Å². The second-order valence-corrected chi connectivity index (χ2v) is 4.13. The summed E-state index contributed by atoms with van der Waals surface area (Å²) in [5.41, 5.74) is 2.15. The van der Waals surface area contributed by atoms with Gasteiger partial charge in [0, 0.05) is 12.3 Å². The topological polar surface area (TPSA) is 50.7 Å². The second-order valence-electron chi connectivity index (χ2n) is 3.74. The largest absolute Gasteiger partial charge is 0.364 e. The molecule has 2 heterocycles. The van der Waals surface area contributed by atoms with Crippen molar-refractivity contribution in [1.29, 1.82) is 0 Å². The predicted molar refractivity (Wildman–Crippen MR) is 68.1 cm³/mol. The van der Waals surface area contributed by atoms with Crippen LogP contribution in [0.15, 0.2) is 24.4 Å². The minimum absolute atomic E-state index is 0.442. The van der Waals surface area contributed by atoms with Gasteiger partial charge < -0.3 is 5.32 Å². The van der Waals surface area contributed by atoms with E-state index in [9.17, 15) is 0 Å². The van der Waals surface area contributed by atoms with E-state index in [2.05, 4.69) is 20.3 Å². The zero-order valence-corrected chi connectivity index (χ0v) is 10.5. The number of pyridine rings is 1. The first kappa shape index (κ1) is 11.8. The van der Waals surface area contributed by atoms with Crippen molar-refractivity contribution in [2.45, 2.75) is 20.4 Å². The summed E-state index contributed by atoms with van der Waals surface area (Å²) < 4.78 is 0. The molecule has 88 valence electrons. The van der Waals surface area contributed by atoms with Gasteiger partial charge in [-0.15, -0.1) is 0 Å². The van der Waals surface area contributed by atoms with Gasteiger partial charge in [-0.2, -0.15) is 0 Å². The summed E-state index contributed by atoms with van der Waals surface area (Å²) in [6.45, 7) is 4.46. The second kappa shape index (κ2) is 5.10. The Balaban J connectivity index is 2.10. The lowest BCUT2D eigenvalue weighted by Crippen LogP contribution is -2.05. The van der Waals surface area contributed by atoms with Crippen LogP contribution < -0.4 is 5.32 Å². The fourth-order valence-electron chi connectivity index (χ4n) is 1.50. The number of hydrogen-bond donors (Lipinski definition) is 1. The van der Waals surface area contributed by atoms with Gasteiger partial charge in [-0.3, -0.25) is 4.98 Å². The molecule has 2 rings (SSSR count). The first-order valence-corrected chi connectivity index (χ1v) is 5.68. The monoisotopic (exact) mass is 248 g/mol. The van der Waals surface area contributed by atoms with Crippen molar-refractivity contribution in [3.63, 3.8) is 0 Å². The van der Waals surface area contributed by atoms with Crippen molar-refractivity contribution in [1.82, 2.24) is 15.0 Å². The average Bonchev–Trinajstić information content (AvgIpc) is 2.27. The number of rotatable bonds is 3. The van der Waals surface area contributed by atoms with E-state index in [-0.39, 0.29) is 0 Å². The molecular weight excluding hydrogens is 236 g/mol. The van der Waals surface area contributed by atoms with Crippen LogP contribution >= 0.6 is 11.6 Å². The van der Waals surface area contributed by atoms with Crippen LogP contribution in [-0.2, 0) is 6.54 Å². The molecule has 0 spiro atoms. The van der Waals surface area contributed by atoms with Crippen molar-refractivity contribution in [2.75, 3.05) is 5.32 Å². The van der Waals surface area contributed by atoms with Crippen molar-refractivity contribution in [3.8, 4) is 0 Å². The van der Waals surface area contributed by atoms with Crippen LogP contribution in [0.4, 0.5) is 5.82 Å². The first-order chi connectivity index (χ1) is 8.15. The summed E-state index contributed by atoms with van der Waals surface area (Å²) in [6, 6.07) is 5.65. The molecule has 0 aliphatic rings. The highest BCUT2D eigenvalue weighted by molar-refractivity contribution is 6.29. The average molecular weight is 249 g/mol. The minimum atomic E-state index is 0.442. The number of hydrogen-bond acceptors (Lipinski definition) is 4. The summed E-state index contributed by atoms with van der Waals surface area (Å²) in [7, 11) is 0. The number of nitrogens with zero attached hydrogens (tertiary/aromatic N) is 3. The van der Waals surface area contributed by atoms with E-state index in [1.165, 1.54) is 0 Å². The molecule has 0 fully saturated rings. The van der Waals surface area contributed by atoms with E-state index in [0.717, 1.165) is 11.3 Å². The highest BCUT2D eigenvalue weighted by Crippen LogP contribution is 2.12. The maximum atomic E-state index is 5.86. The molecule has 0 bridgehead atoms. The van der Waals surface area contributed by atoms with Crippen LogP contribution in [0.3, 0.4) is 0 Å². The number of anilines is 1. The maximum Gasteiger partial charge on any atom is 0.134 e. The van der Waals surface area contributed by atoms with Gasteiger partial charge in [0.15, 0.2) is 0 Å². The number of aryl methyl sites for hydroxylation is 2. The van der Waals surface area contributed by atoms with Crippen molar-refractivity contribution in [3.05, 3.63) is 46.6 Å². The van der Waals surface area contributed by atoms with E-state index in [1.807, 2.05) is 26.0 Å². The molecule has 0 aromatic carbocycles. The third kappa shape index (κ3) is 3.14. The number of aromatic nitrogens is 3. The van der Waals surface area contributed by atoms with E-state index < -0.39 is 0 Å². The summed E-state index contributed by atoms with van der Waals surface area (Å²) in [5.74, 6) is 1.37. The normalized spacial score (nSPS) is 10.3. The lowest BCUT2D eigenvalue weighted by molar-refractivity contribution is 0.981. The number of halogens is 1. The van der Waals surface area contributed by atoms with Crippen molar-refractivity contribution in [2.24, 2.45) is 0 Å². The first-order valence-electron chi connectivity index (χ1n) is 5.31. The Morgan fingerprint density at radius 2 is 2.12 bits per heavy atom. The molecule has 0 radical (unpaired) electrons. The summed E-state index contributed by atoms with van der Waals surface area (Å²) in [4.78, 5) is 12.5. The van der Waals surface area contributed by atoms with Gasteiger partial charge in [0.2, 0.25) is 0 Å². The fraction of sp³-hybridized carbons (Fsp3) is 0.250. The van der Waals surface area contributed by atoms with Crippen LogP contribution in [-0.4, -0.2) is 15.0 Å². The third-order valence-corrected chi connectivity index (χ3v) is 2.56. The van der Waals surface area contributed by atoms with Gasteiger partial charge in [-0.25, -0.2) is 9.97 Å². The smallest absolute Gasteiger partial charge is 0.134 e. The van der Waals surface area contributed by atoms with Gasteiger partial charge in [0.05, 0.1) is 12.2 Å².